The second kappa shape index (κ2) is 6.12. The third kappa shape index (κ3) is 9.52. The lowest BCUT2D eigenvalue weighted by Gasteiger charge is -1.98. The van der Waals surface area contributed by atoms with E-state index in [9.17, 15) is 13.0 Å². The van der Waals surface area contributed by atoms with Gasteiger partial charge < -0.3 is 9.45 Å². The van der Waals surface area contributed by atoms with Crippen LogP contribution in [0.3, 0.4) is 0 Å². The lowest BCUT2D eigenvalue weighted by atomic mass is 10.4. The first-order chi connectivity index (χ1) is 5.95. The van der Waals surface area contributed by atoms with Gasteiger partial charge in [0.15, 0.2) is 0 Å². The van der Waals surface area contributed by atoms with Gasteiger partial charge in [-0.1, -0.05) is 6.08 Å². The number of rotatable bonds is 2. The number of likely N-dealkylation sites (tertiary alicyclic amines) is 1. The van der Waals surface area contributed by atoms with Gasteiger partial charge in [-0.05, 0) is 0 Å². The average molecular weight is 207 g/mol. The first kappa shape index (κ1) is 12.6. The van der Waals surface area contributed by atoms with Gasteiger partial charge in [0, 0.05) is 12.8 Å². The molecule has 1 fully saturated rings. The third-order valence-electron chi connectivity index (χ3n) is 1.78. The minimum Gasteiger partial charge on any atom is -0.748 e. The molecule has 1 aliphatic rings. The topological polar surface area (TPSA) is 61.6 Å². The molecule has 13 heavy (non-hydrogen) atoms. The van der Waals surface area contributed by atoms with Gasteiger partial charge in [-0.2, -0.15) is 0 Å². The molecule has 0 aromatic rings. The van der Waals surface area contributed by atoms with E-state index in [0.717, 1.165) is 6.08 Å². The van der Waals surface area contributed by atoms with E-state index in [2.05, 4.69) is 13.6 Å². The van der Waals surface area contributed by atoms with Gasteiger partial charge in [0.2, 0.25) is 0 Å². The molecule has 0 radical (unpaired) electrons. The molecule has 0 saturated carbocycles. The summed E-state index contributed by atoms with van der Waals surface area (Å²) in [5.41, 5.74) is 0. The predicted molar refractivity (Wildman–Crippen MR) is 50.6 cm³/mol. The molecule has 0 aromatic heterocycles. The van der Waals surface area contributed by atoms with E-state index in [1.807, 2.05) is 0 Å². The summed E-state index contributed by atoms with van der Waals surface area (Å²) >= 11 is 0. The number of nitrogens with one attached hydrogen (secondary N) is 1. The van der Waals surface area contributed by atoms with Gasteiger partial charge >= 0.3 is 0 Å². The zero-order valence-electron chi connectivity index (χ0n) is 7.95. The molecule has 0 bridgehead atoms. The van der Waals surface area contributed by atoms with Crippen LogP contribution in [0.1, 0.15) is 12.8 Å². The fourth-order valence-electron chi connectivity index (χ4n) is 1.12. The van der Waals surface area contributed by atoms with Crippen LogP contribution < -0.4 is 4.90 Å². The fraction of sp³-hybridized carbons (Fsp3) is 0.750. The molecule has 0 spiro atoms. The summed E-state index contributed by atoms with van der Waals surface area (Å²) in [6.07, 6.45) is 3.96. The van der Waals surface area contributed by atoms with Crippen LogP contribution in [0.5, 0.6) is 0 Å². The average Bonchev–Trinajstić information content (AvgIpc) is 2.38. The van der Waals surface area contributed by atoms with Crippen LogP contribution >= 0.6 is 0 Å². The smallest absolute Gasteiger partial charge is 0.0982 e. The van der Waals surface area contributed by atoms with Crippen molar-refractivity contribution < 1.29 is 17.9 Å². The van der Waals surface area contributed by atoms with Crippen LogP contribution in [0.15, 0.2) is 12.7 Å². The van der Waals surface area contributed by atoms with Crippen LogP contribution in [0, 0.1) is 0 Å². The van der Waals surface area contributed by atoms with Gasteiger partial charge in [0.25, 0.3) is 0 Å². The summed E-state index contributed by atoms with van der Waals surface area (Å²) in [6.45, 7) is 5.87. The highest BCUT2D eigenvalue weighted by molar-refractivity contribution is 7.85. The number of hydrogen-bond donors (Lipinski definition) is 1. The molecule has 0 aromatic carbocycles. The standard InChI is InChI=1S/C5H11N.C3H6O3S/c1-6-4-2-3-5-6;1-2-3-7(4,5)6/h2-5H2,1H3;2H,1,3H2,(H,4,5,6). The molecule has 0 amide bonds. The maximum absolute atomic E-state index is 9.60. The molecule has 0 atom stereocenters. The van der Waals surface area contributed by atoms with Crippen LogP contribution in [0.25, 0.3) is 0 Å². The molecule has 1 saturated heterocycles. The van der Waals surface area contributed by atoms with Crippen molar-refractivity contribution in [1.82, 2.24) is 0 Å². The number of quaternary nitrogens is 1. The molecule has 1 N–H and O–H groups in total. The quantitative estimate of drug-likeness (QED) is 0.467. The Balaban J connectivity index is 0.000000223. The molecule has 0 unspecified atom stereocenters. The first-order valence-corrected chi connectivity index (χ1v) is 5.89. The van der Waals surface area contributed by atoms with Gasteiger partial charge in [0.05, 0.1) is 36.0 Å². The van der Waals surface area contributed by atoms with E-state index in [0.29, 0.717) is 0 Å². The lowest BCUT2D eigenvalue weighted by molar-refractivity contribution is -0.866. The van der Waals surface area contributed by atoms with E-state index in [4.69, 9.17) is 0 Å². The molecule has 4 nitrogen and oxygen atoms in total. The second-order valence-electron chi connectivity index (χ2n) is 3.18. The molecular formula is C8H17NO3S. The van der Waals surface area contributed by atoms with E-state index in [1.165, 1.54) is 25.9 Å². The molecule has 1 heterocycles. The minimum atomic E-state index is -4.04. The highest BCUT2D eigenvalue weighted by Crippen LogP contribution is 1.84. The summed E-state index contributed by atoms with van der Waals surface area (Å²) in [6, 6.07) is 0. The predicted octanol–water partition coefficient (Wildman–Crippen LogP) is -0.987. The van der Waals surface area contributed by atoms with E-state index < -0.39 is 15.9 Å². The molecular weight excluding hydrogens is 190 g/mol. The number of hydrogen-bond acceptors (Lipinski definition) is 3. The van der Waals surface area contributed by atoms with Crippen molar-refractivity contribution in [3.63, 3.8) is 0 Å². The Morgan fingerprint density at radius 2 is 1.92 bits per heavy atom. The zero-order valence-corrected chi connectivity index (χ0v) is 8.77. The van der Waals surface area contributed by atoms with Crippen molar-refractivity contribution in [2.45, 2.75) is 12.8 Å². The Hall–Kier alpha value is -0.390. The molecule has 0 aliphatic carbocycles. The van der Waals surface area contributed by atoms with Crippen LogP contribution in [0.2, 0.25) is 0 Å². The monoisotopic (exact) mass is 207 g/mol. The zero-order chi connectivity index (χ0) is 10.3. The Morgan fingerprint density at radius 1 is 1.46 bits per heavy atom. The lowest BCUT2D eigenvalue weighted by Crippen LogP contribution is -3.06. The normalized spacial score (nSPS) is 17.7. The summed E-state index contributed by atoms with van der Waals surface area (Å²) < 4.78 is 28.8. The van der Waals surface area contributed by atoms with Crippen LogP contribution in [0.4, 0.5) is 0 Å². The Morgan fingerprint density at radius 3 is 2.00 bits per heavy atom. The Kier molecular flexibility index (Phi) is 5.94. The largest absolute Gasteiger partial charge is 0.748 e. The Labute approximate surface area is 80.0 Å². The Bertz CT molecular complexity index is 230. The van der Waals surface area contributed by atoms with Crippen molar-refractivity contribution >= 4 is 10.1 Å². The fourth-order valence-corrected chi connectivity index (χ4v) is 1.41. The van der Waals surface area contributed by atoms with Gasteiger partial charge in [-0.3, -0.25) is 0 Å². The maximum atomic E-state index is 9.60. The van der Waals surface area contributed by atoms with E-state index in [-0.39, 0.29) is 0 Å². The summed E-state index contributed by atoms with van der Waals surface area (Å²) in [5, 5.41) is 0. The summed E-state index contributed by atoms with van der Waals surface area (Å²) in [4.78, 5) is 1.70. The highest BCUT2D eigenvalue weighted by Gasteiger charge is 2.07. The van der Waals surface area contributed by atoms with E-state index in [1.54, 1.807) is 4.90 Å². The molecule has 1 aliphatic heterocycles. The van der Waals surface area contributed by atoms with Gasteiger partial charge in [-0.15, -0.1) is 6.58 Å². The summed E-state index contributed by atoms with van der Waals surface area (Å²) in [7, 11) is -1.79. The summed E-state index contributed by atoms with van der Waals surface area (Å²) in [5.74, 6) is -0.479. The van der Waals surface area contributed by atoms with Crippen LogP contribution in [-0.4, -0.2) is 38.9 Å². The molecule has 78 valence electrons. The van der Waals surface area contributed by atoms with E-state index >= 15 is 0 Å². The van der Waals surface area contributed by atoms with Crippen molar-refractivity contribution in [3.8, 4) is 0 Å². The first-order valence-electron chi connectivity index (χ1n) is 4.31. The van der Waals surface area contributed by atoms with Crippen molar-refractivity contribution in [1.29, 1.82) is 0 Å². The van der Waals surface area contributed by atoms with Crippen molar-refractivity contribution in [2.75, 3.05) is 25.9 Å². The molecule has 5 heteroatoms. The van der Waals surface area contributed by atoms with Crippen LogP contribution in [-0.2, 0) is 10.1 Å². The third-order valence-corrected chi connectivity index (χ3v) is 2.42. The van der Waals surface area contributed by atoms with Crippen molar-refractivity contribution in [3.05, 3.63) is 12.7 Å². The highest BCUT2D eigenvalue weighted by atomic mass is 32.2. The van der Waals surface area contributed by atoms with Gasteiger partial charge in [-0.25, -0.2) is 8.42 Å². The maximum Gasteiger partial charge on any atom is 0.0982 e. The molecule has 1 rings (SSSR count). The SMILES string of the molecule is C=CCS(=O)(=O)[O-].C[NH+]1CCCC1. The second-order valence-corrected chi connectivity index (χ2v) is 4.63. The van der Waals surface area contributed by atoms with Crippen molar-refractivity contribution in [2.24, 2.45) is 0 Å². The minimum absolute atomic E-state index is 0.479. The van der Waals surface area contributed by atoms with Gasteiger partial charge in [0.1, 0.15) is 0 Å².